The maximum Gasteiger partial charge on any atom is 0.238 e. The van der Waals surface area contributed by atoms with Crippen LogP contribution in [0.5, 0.6) is 5.75 Å². The first-order chi connectivity index (χ1) is 15.8. The molecule has 0 radical (unpaired) electrons. The zero-order valence-electron chi connectivity index (χ0n) is 17.2. The molecule has 8 heteroatoms. The highest BCUT2D eigenvalue weighted by Crippen LogP contribution is 2.65. The Morgan fingerprint density at radius 3 is 2.15 bits per heavy atom. The van der Waals surface area contributed by atoms with Gasteiger partial charge in [-0.05, 0) is 60.4 Å². The summed E-state index contributed by atoms with van der Waals surface area (Å²) >= 11 is 11.8. The minimum absolute atomic E-state index is 0.0723. The molecule has 0 aromatic heterocycles. The van der Waals surface area contributed by atoms with E-state index < -0.39 is 17.7 Å². The van der Waals surface area contributed by atoms with E-state index in [4.69, 9.17) is 27.9 Å². The van der Waals surface area contributed by atoms with E-state index in [2.05, 4.69) is 12.2 Å². The van der Waals surface area contributed by atoms with Gasteiger partial charge in [-0.15, -0.1) is 0 Å². The van der Waals surface area contributed by atoms with Gasteiger partial charge < -0.3 is 4.74 Å². The fourth-order valence-corrected chi connectivity index (χ4v) is 6.43. The zero-order valence-corrected chi connectivity index (χ0v) is 18.7. The smallest absolute Gasteiger partial charge is 0.238 e. The van der Waals surface area contributed by atoms with Crippen LogP contribution in [0, 0.1) is 41.3 Å². The molecular weight excluding hydrogens is 468 g/mol. The molecule has 6 atom stereocenters. The number of ketones is 1. The van der Waals surface area contributed by atoms with Crippen LogP contribution in [0.25, 0.3) is 0 Å². The van der Waals surface area contributed by atoms with Crippen molar-refractivity contribution in [2.75, 3.05) is 11.5 Å². The number of rotatable bonds is 5. The molecule has 0 N–H and O–H groups in total. The molecule has 0 spiro atoms. The van der Waals surface area contributed by atoms with Crippen LogP contribution in [0.1, 0.15) is 16.8 Å². The molecule has 2 aromatic rings. The van der Waals surface area contributed by atoms with Gasteiger partial charge in [-0.25, -0.2) is 9.29 Å². The summed E-state index contributed by atoms with van der Waals surface area (Å²) in [6.07, 6.45) is 5.22. The van der Waals surface area contributed by atoms with E-state index in [1.165, 1.54) is 30.3 Å². The molecule has 2 bridgehead atoms. The number of carbonyl (C=O) groups excluding carboxylic acids is 3. The van der Waals surface area contributed by atoms with Crippen molar-refractivity contribution in [3.8, 4) is 5.75 Å². The van der Waals surface area contributed by atoms with E-state index in [-0.39, 0.29) is 53.0 Å². The summed E-state index contributed by atoms with van der Waals surface area (Å²) in [6.45, 7) is -0.348. The summed E-state index contributed by atoms with van der Waals surface area (Å²) < 4.78 is 20.5. The summed E-state index contributed by atoms with van der Waals surface area (Å²) in [5, 5.41) is 0.644. The fraction of sp³-hybridized carbons (Fsp3) is 0.320. The van der Waals surface area contributed by atoms with Gasteiger partial charge in [0.25, 0.3) is 0 Å². The normalized spacial score (nSPS) is 30.9. The molecule has 2 aromatic carbocycles. The molecule has 5 aliphatic rings. The van der Waals surface area contributed by atoms with Gasteiger partial charge in [0.15, 0.2) is 18.2 Å². The number of carbonyl (C=O) groups is 3. The highest BCUT2D eigenvalue weighted by Gasteiger charge is 2.67. The van der Waals surface area contributed by atoms with Gasteiger partial charge >= 0.3 is 0 Å². The first-order valence-electron chi connectivity index (χ1n) is 10.8. The topological polar surface area (TPSA) is 63.7 Å². The average molecular weight is 486 g/mol. The minimum Gasteiger partial charge on any atom is -0.485 e. The lowest BCUT2D eigenvalue weighted by Gasteiger charge is -2.37. The van der Waals surface area contributed by atoms with Crippen LogP contribution < -0.4 is 9.64 Å². The van der Waals surface area contributed by atoms with E-state index in [0.717, 1.165) is 17.4 Å². The van der Waals surface area contributed by atoms with E-state index in [1.54, 1.807) is 0 Å². The van der Waals surface area contributed by atoms with Crippen molar-refractivity contribution in [3.63, 3.8) is 0 Å². The highest BCUT2D eigenvalue weighted by molar-refractivity contribution is 6.35. The first kappa shape index (κ1) is 20.9. The quantitative estimate of drug-likeness (QED) is 0.341. The van der Waals surface area contributed by atoms with Crippen LogP contribution in [0.3, 0.4) is 0 Å². The molecule has 1 heterocycles. The monoisotopic (exact) mass is 485 g/mol. The van der Waals surface area contributed by atoms with Crippen LogP contribution >= 0.6 is 23.2 Å². The van der Waals surface area contributed by atoms with Crippen LogP contribution in [0.4, 0.5) is 10.1 Å². The lowest BCUT2D eigenvalue weighted by molar-refractivity contribution is -0.124. The number of halogens is 3. The van der Waals surface area contributed by atoms with Gasteiger partial charge in [0, 0.05) is 21.7 Å². The largest absolute Gasteiger partial charge is 0.485 e. The van der Waals surface area contributed by atoms with Crippen molar-refractivity contribution in [2.24, 2.45) is 35.5 Å². The van der Waals surface area contributed by atoms with Gasteiger partial charge in [0.05, 0.1) is 17.5 Å². The number of Topliss-reactive ketones (excluding diaryl/α,β-unsaturated/α-hetero) is 1. The van der Waals surface area contributed by atoms with Gasteiger partial charge in [0.2, 0.25) is 11.8 Å². The van der Waals surface area contributed by atoms with Crippen molar-refractivity contribution < 1.29 is 23.5 Å². The summed E-state index contributed by atoms with van der Waals surface area (Å²) in [7, 11) is 0. The van der Waals surface area contributed by atoms with Crippen LogP contribution in [-0.4, -0.2) is 24.2 Å². The first-order valence-corrected chi connectivity index (χ1v) is 11.6. The second-order valence-electron chi connectivity index (χ2n) is 9.15. The molecule has 168 valence electrons. The van der Waals surface area contributed by atoms with Gasteiger partial charge in [-0.2, -0.15) is 0 Å². The SMILES string of the molecule is O=C(COc1ccc(N2C(=O)[C@@H]3[C@H](C2=O)C2C=C[C@H]3C3C[C@@H]23)c(F)c1)c1cc(Cl)cc(Cl)c1. The predicted molar refractivity (Wildman–Crippen MR) is 120 cm³/mol. The number of ether oxygens (including phenoxy) is 1. The molecule has 1 aliphatic heterocycles. The number of amides is 2. The molecule has 5 nitrogen and oxygen atoms in total. The van der Waals surface area contributed by atoms with Gasteiger partial charge in [-0.3, -0.25) is 14.4 Å². The Kier molecular flexibility index (Phi) is 4.68. The van der Waals surface area contributed by atoms with Crippen LogP contribution in [0.2, 0.25) is 10.0 Å². The summed E-state index contributed by atoms with van der Waals surface area (Å²) in [5.41, 5.74) is 0.203. The van der Waals surface area contributed by atoms with E-state index in [9.17, 15) is 14.4 Å². The number of hydrogen-bond donors (Lipinski definition) is 0. The van der Waals surface area contributed by atoms with Gasteiger partial charge in [0.1, 0.15) is 5.75 Å². The van der Waals surface area contributed by atoms with Crippen LogP contribution in [-0.2, 0) is 9.59 Å². The molecular formula is C25H18Cl2FNO4. The number of benzene rings is 2. The number of anilines is 1. The van der Waals surface area contributed by atoms with Crippen molar-refractivity contribution in [3.05, 3.63) is 70.0 Å². The van der Waals surface area contributed by atoms with Crippen molar-refractivity contribution in [1.82, 2.24) is 0 Å². The van der Waals surface area contributed by atoms with E-state index in [1.807, 2.05) is 0 Å². The third kappa shape index (κ3) is 3.22. The van der Waals surface area contributed by atoms with Crippen molar-refractivity contribution in [2.45, 2.75) is 6.42 Å². The highest BCUT2D eigenvalue weighted by atomic mass is 35.5. The Balaban J connectivity index is 1.19. The lowest BCUT2D eigenvalue weighted by Crippen LogP contribution is -2.40. The number of imide groups is 1. The Hall–Kier alpha value is -2.70. The second kappa shape index (κ2) is 7.40. The van der Waals surface area contributed by atoms with Crippen molar-refractivity contribution >= 4 is 46.5 Å². The maximum atomic E-state index is 15.0. The average Bonchev–Trinajstić information content (AvgIpc) is 3.56. The Morgan fingerprint density at radius 1 is 0.970 bits per heavy atom. The Morgan fingerprint density at radius 2 is 1.58 bits per heavy atom. The van der Waals surface area contributed by atoms with Crippen LogP contribution in [0.15, 0.2) is 48.6 Å². The summed E-state index contributed by atoms with van der Waals surface area (Å²) in [5.74, 6) is -1.36. The van der Waals surface area contributed by atoms with Gasteiger partial charge in [-0.1, -0.05) is 35.4 Å². The molecule has 2 unspecified atom stereocenters. The minimum atomic E-state index is -0.753. The Labute approximate surface area is 199 Å². The number of nitrogens with zero attached hydrogens (tertiary/aromatic N) is 1. The zero-order chi connectivity index (χ0) is 23.0. The second-order valence-corrected chi connectivity index (χ2v) is 10.0. The molecule has 4 aliphatic carbocycles. The third-order valence-corrected chi connectivity index (χ3v) is 7.81. The summed E-state index contributed by atoms with van der Waals surface area (Å²) in [6, 6.07) is 8.34. The summed E-state index contributed by atoms with van der Waals surface area (Å²) in [4.78, 5) is 39.7. The molecule has 33 heavy (non-hydrogen) atoms. The third-order valence-electron chi connectivity index (χ3n) is 7.38. The standard InChI is InChI=1S/C25H18Cl2FNO4/c26-12-5-11(6-13(27)7-12)21(30)10-33-14-1-4-20(19(28)8-14)29-24(31)22-15-2-3-16(18-9-17(15)18)23(22)25(29)32/h1-8,15-18,22-23H,9-10H2/t15-,16?,17?,18-,22-,23+/m0/s1. The van der Waals surface area contributed by atoms with E-state index >= 15 is 4.39 Å². The van der Waals surface area contributed by atoms with Crippen molar-refractivity contribution in [1.29, 1.82) is 0 Å². The number of allylic oxidation sites excluding steroid dienone is 2. The maximum absolute atomic E-state index is 15.0. The fourth-order valence-electron chi connectivity index (χ4n) is 5.90. The lowest BCUT2D eigenvalue weighted by atomic mass is 9.63. The molecule has 3 fully saturated rings. The Bertz CT molecular complexity index is 1200. The molecule has 7 rings (SSSR count). The molecule has 2 amide bonds. The number of hydrogen-bond acceptors (Lipinski definition) is 4. The predicted octanol–water partition coefficient (Wildman–Crippen LogP) is 4.95. The molecule has 2 saturated carbocycles. The molecule has 1 saturated heterocycles. The van der Waals surface area contributed by atoms with E-state index in [0.29, 0.717) is 21.9 Å².